The van der Waals surface area contributed by atoms with Crippen molar-refractivity contribution in [3.63, 3.8) is 0 Å². The minimum absolute atomic E-state index is 0.0751. The number of hydrogen-bond acceptors (Lipinski definition) is 4. The topological polar surface area (TPSA) is 68.0 Å². The van der Waals surface area contributed by atoms with Gasteiger partial charge in [0.2, 0.25) is 17.6 Å². The van der Waals surface area contributed by atoms with Gasteiger partial charge in [-0.1, -0.05) is 77.5 Å². The third-order valence-electron chi connectivity index (χ3n) is 4.94. The molecule has 4 aromatic rings. The third kappa shape index (κ3) is 4.63. The quantitative estimate of drug-likeness (QED) is 0.460. The summed E-state index contributed by atoms with van der Waals surface area (Å²) in [6.45, 7) is 4.01. The van der Waals surface area contributed by atoms with E-state index >= 15 is 0 Å². The first-order valence-electron chi connectivity index (χ1n) is 9.94. The van der Waals surface area contributed by atoms with Crippen molar-refractivity contribution in [2.24, 2.45) is 0 Å². The van der Waals surface area contributed by atoms with Gasteiger partial charge >= 0.3 is 0 Å². The van der Waals surface area contributed by atoms with Crippen molar-refractivity contribution < 1.29 is 9.32 Å². The standard InChI is InChI=1S/C25H23N3O2/c1-17-8-13-22(18(2)16-17)26-23(29)14-15-24-27-25(28-30-24)21-11-9-20(10-12-21)19-6-4-3-5-7-19/h3-13,16H,14-15H2,1-2H3,(H,26,29). The molecule has 0 radical (unpaired) electrons. The zero-order valence-electron chi connectivity index (χ0n) is 17.1. The Morgan fingerprint density at radius 2 is 1.60 bits per heavy atom. The molecule has 150 valence electrons. The van der Waals surface area contributed by atoms with Crippen LogP contribution in [0.1, 0.15) is 23.4 Å². The number of carbonyl (C=O) groups is 1. The smallest absolute Gasteiger partial charge is 0.227 e. The summed E-state index contributed by atoms with van der Waals surface area (Å²) in [5, 5.41) is 7.00. The third-order valence-corrected chi connectivity index (χ3v) is 4.94. The predicted octanol–water partition coefficient (Wildman–Crippen LogP) is 5.59. The minimum Gasteiger partial charge on any atom is -0.339 e. The second-order valence-corrected chi connectivity index (χ2v) is 7.32. The summed E-state index contributed by atoms with van der Waals surface area (Å²) in [6.07, 6.45) is 0.674. The van der Waals surface area contributed by atoms with E-state index in [1.807, 2.05) is 74.5 Å². The first-order chi connectivity index (χ1) is 14.6. The Morgan fingerprint density at radius 1 is 0.900 bits per heavy atom. The number of aromatic nitrogens is 2. The van der Waals surface area contributed by atoms with Gasteiger partial charge in [-0.2, -0.15) is 4.98 Å². The summed E-state index contributed by atoms with van der Waals surface area (Å²) in [6, 6.07) is 24.2. The fourth-order valence-electron chi connectivity index (χ4n) is 3.30. The van der Waals surface area contributed by atoms with Gasteiger partial charge in [0, 0.05) is 24.1 Å². The molecule has 0 atom stereocenters. The summed E-state index contributed by atoms with van der Waals surface area (Å²) in [7, 11) is 0. The molecule has 3 aromatic carbocycles. The Bertz CT molecular complexity index is 1150. The van der Waals surface area contributed by atoms with Crippen molar-refractivity contribution in [3.05, 3.63) is 89.8 Å². The lowest BCUT2D eigenvalue weighted by Crippen LogP contribution is -2.13. The van der Waals surface area contributed by atoms with Gasteiger partial charge in [-0.05, 0) is 36.6 Å². The number of rotatable bonds is 6. The first-order valence-corrected chi connectivity index (χ1v) is 9.94. The lowest BCUT2D eigenvalue weighted by molar-refractivity contribution is -0.116. The Kier molecular flexibility index (Phi) is 5.70. The Balaban J connectivity index is 1.36. The number of nitrogens with one attached hydrogen (secondary N) is 1. The van der Waals surface area contributed by atoms with Gasteiger partial charge in [0.1, 0.15) is 0 Å². The molecule has 1 N–H and O–H groups in total. The highest BCUT2D eigenvalue weighted by molar-refractivity contribution is 5.91. The highest BCUT2D eigenvalue weighted by Crippen LogP contribution is 2.23. The van der Waals surface area contributed by atoms with E-state index in [2.05, 4.69) is 27.6 Å². The molecule has 1 heterocycles. The van der Waals surface area contributed by atoms with Gasteiger partial charge in [-0.15, -0.1) is 0 Å². The van der Waals surface area contributed by atoms with Crippen LogP contribution in [-0.4, -0.2) is 16.0 Å². The predicted molar refractivity (Wildman–Crippen MR) is 118 cm³/mol. The number of anilines is 1. The normalized spacial score (nSPS) is 10.7. The highest BCUT2D eigenvalue weighted by Gasteiger charge is 2.12. The molecule has 0 aliphatic rings. The van der Waals surface area contributed by atoms with E-state index in [1.54, 1.807) is 0 Å². The fraction of sp³-hybridized carbons (Fsp3) is 0.160. The van der Waals surface area contributed by atoms with E-state index in [4.69, 9.17) is 4.52 Å². The van der Waals surface area contributed by atoms with Crippen LogP contribution in [0.4, 0.5) is 5.69 Å². The number of benzene rings is 3. The number of carbonyl (C=O) groups excluding carboxylic acids is 1. The molecular weight excluding hydrogens is 374 g/mol. The zero-order valence-corrected chi connectivity index (χ0v) is 17.1. The first kappa shape index (κ1) is 19.6. The number of hydrogen-bond donors (Lipinski definition) is 1. The van der Waals surface area contributed by atoms with Crippen LogP contribution in [0.25, 0.3) is 22.5 Å². The highest BCUT2D eigenvalue weighted by atomic mass is 16.5. The zero-order chi connectivity index (χ0) is 20.9. The van der Waals surface area contributed by atoms with Gasteiger partial charge in [0.25, 0.3) is 0 Å². The second-order valence-electron chi connectivity index (χ2n) is 7.32. The van der Waals surface area contributed by atoms with E-state index < -0.39 is 0 Å². The maximum Gasteiger partial charge on any atom is 0.227 e. The number of aryl methyl sites for hydroxylation is 3. The van der Waals surface area contributed by atoms with E-state index in [9.17, 15) is 4.79 Å². The Hall–Kier alpha value is -3.73. The lowest BCUT2D eigenvalue weighted by atomic mass is 10.0. The van der Waals surface area contributed by atoms with E-state index in [-0.39, 0.29) is 12.3 Å². The molecule has 0 aliphatic carbocycles. The van der Waals surface area contributed by atoms with E-state index in [1.165, 1.54) is 5.56 Å². The Morgan fingerprint density at radius 3 is 2.33 bits per heavy atom. The van der Waals surface area contributed by atoms with E-state index in [0.717, 1.165) is 27.9 Å². The number of amides is 1. The Labute approximate surface area is 175 Å². The van der Waals surface area contributed by atoms with Gasteiger partial charge in [-0.25, -0.2) is 0 Å². The van der Waals surface area contributed by atoms with Crippen LogP contribution >= 0.6 is 0 Å². The van der Waals surface area contributed by atoms with Crippen LogP contribution in [0.15, 0.2) is 77.3 Å². The lowest BCUT2D eigenvalue weighted by Gasteiger charge is -2.08. The molecule has 5 nitrogen and oxygen atoms in total. The molecule has 1 aromatic heterocycles. The van der Waals surface area contributed by atoms with Crippen LogP contribution in [0.3, 0.4) is 0 Å². The summed E-state index contributed by atoms with van der Waals surface area (Å²) in [5.74, 6) is 0.904. The van der Waals surface area contributed by atoms with Crippen LogP contribution in [-0.2, 0) is 11.2 Å². The average Bonchev–Trinajstić information content (AvgIpc) is 3.24. The molecule has 0 fully saturated rings. The number of nitrogens with zero attached hydrogens (tertiary/aromatic N) is 2. The van der Waals surface area contributed by atoms with Gasteiger partial charge in [0.15, 0.2) is 0 Å². The summed E-state index contributed by atoms with van der Waals surface area (Å²) in [4.78, 5) is 16.7. The van der Waals surface area contributed by atoms with Crippen LogP contribution in [0.5, 0.6) is 0 Å². The molecule has 0 unspecified atom stereocenters. The molecule has 1 amide bonds. The molecule has 30 heavy (non-hydrogen) atoms. The van der Waals surface area contributed by atoms with Crippen molar-refractivity contribution in [3.8, 4) is 22.5 Å². The van der Waals surface area contributed by atoms with Crippen molar-refractivity contribution in [2.75, 3.05) is 5.32 Å². The van der Waals surface area contributed by atoms with Crippen LogP contribution in [0, 0.1) is 13.8 Å². The monoisotopic (exact) mass is 397 g/mol. The summed E-state index contributed by atoms with van der Waals surface area (Å²) in [5.41, 5.74) is 6.21. The van der Waals surface area contributed by atoms with Crippen molar-refractivity contribution in [1.82, 2.24) is 10.1 Å². The molecule has 0 saturated heterocycles. The molecular formula is C25H23N3O2. The molecule has 0 spiro atoms. The van der Waals surface area contributed by atoms with Crippen molar-refractivity contribution in [2.45, 2.75) is 26.7 Å². The van der Waals surface area contributed by atoms with Gasteiger partial charge < -0.3 is 9.84 Å². The van der Waals surface area contributed by atoms with Crippen LogP contribution < -0.4 is 5.32 Å². The second kappa shape index (κ2) is 8.74. The maximum absolute atomic E-state index is 12.3. The van der Waals surface area contributed by atoms with Gasteiger partial charge in [-0.3, -0.25) is 4.79 Å². The maximum atomic E-state index is 12.3. The summed E-state index contributed by atoms with van der Waals surface area (Å²) >= 11 is 0. The largest absolute Gasteiger partial charge is 0.339 e. The van der Waals surface area contributed by atoms with Crippen molar-refractivity contribution >= 4 is 11.6 Å². The molecule has 0 bridgehead atoms. The molecule has 0 saturated carbocycles. The molecule has 4 rings (SSSR count). The van der Waals surface area contributed by atoms with Crippen LogP contribution in [0.2, 0.25) is 0 Å². The average molecular weight is 397 g/mol. The minimum atomic E-state index is -0.0751. The van der Waals surface area contributed by atoms with E-state index in [0.29, 0.717) is 18.1 Å². The van der Waals surface area contributed by atoms with Crippen molar-refractivity contribution in [1.29, 1.82) is 0 Å². The fourth-order valence-corrected chi connectivity index (χ4v) is 3.30. The molecule has 5 heteroatoms. The summed E-state index contributed by atoms with van der Waals surface area (Å²) < 4.78 is 5.33. The van der Waals surface area contributed by atoms with Gasteiger partial charge in [0.05, 0.1) is 0 Å². The SMILES string of the molecule is Cc1ccc(NC(=O)CCc2nc(-c3ccc(-c4ccccc4)cc3)no2)c(C)c1. The molecule has 0 aliphatic heterocycles.